The molecule has 1 amide bonds. The highest BCUT2D eigenvalue weighted by Gasteiger charge is 2.25. The molecule has 158 valence electrons. The van der Waals surface area contributed by atoms with Crippen LogP contribution in [0.1, 0.15) is 24.2 Å². The molecule has 0 spiro atoms. The summed E-state index contributed by atoms with van der Waals surface area (Å²) in [5, 5.41) is 2.76. The van der Waals surface area contributed by atoms with Crippen LogP contribution < -0.4 is 10.1 Å². The van der Waals surface area contributed by atoms with E-state index in [1.807, 2.05) is 6.92 Å². The van der Waals surface area contributed by atoms with Crippen LogP contribution in [0.4, 0.5) is 10.1 Å². The molecule has 3 rings (SSSR count). The van der Waals surface area contributed by atoms with Gasteiger partial charge >= 0.3 is 5.97 Å². The van der Waals surface area contributed by atoms with Gasteiger partial charge in [-0.2, -0.15) is 0 Å². The second kappa shape index (κ2) is 10.7. The highest BCUT2D eigenvalue weighted by atomic mass is 19.1. The zero-order chi connectivity index (χ0) is 22.1. The molecule has 0 unspecified atom stereocenters. The number of carbonyl (C=O) groups is 2. The first kappa shape index (κ1) is 21.8. The third-order valence-electron chi connectivity index (χ3n) is 4.32. The Morgan fingerprint density at radius 3 is 2.39 bits per heavy atom. The summed E-state index contributed by atoms with van der Waals surface area (Å²) in [6.45, 7) is 2.28. The second-order valence-corrected chi connectivity index (χ2v) is 6.50. The van der Waals surface area contributed by atoms with E-state index in [1.54, 1.807) is 66.7 Å². The van der Waals surface area contributed by atoms with Crippen LogP contribution in [0, 0.1) is 5.82 Å². The maximum Gasteiger partial charge on any atom is 0.331 e. The first-order chi connectivity index (χ1) is 15.1. The summed E-state index contributed by atoms with van der Waals surface area (Å²) in [6, 6.07) is 21.7. The fraction of sp³-hybridized carbons (Fsp3) is 0.120. The van der Waals surface area contributed by atoms with Gasteiger partial charge in [-0.25, -0.2) is 9.18 Å². The van der Waals surface area contributed by atoms with Crippen molar-refractivity contribution in [2.24, 2.45) is 0 Å². The number of carbonyl (C=O) groups excluding carboxylic acids is 2. The van der Waals surface area contributed by atoms with Crippen molar-refractivity contribution in [1.29, 1.82) is 0 Å². The molecule has 0 aliphatic heterocycles. The molecule has 5 nitrogen and oxygen atoms in total. The number of rotatable bonds is 8. The Hall–Kier alpha value is -3.93. The fourth-order valence-electron chi connectivity index (χ4n) is 2.87. The first-order valence-electron chi connectivity index (χ1n) is 9.79. The predicted molar refractivity (Wildman–Crippen MR) is 117 cm³/mol. The van der Waals surface area contributed by atoms with Crippen LogP contribution >= 0.6 is 0 Å². The molecule has 3 aromatic carbocycles. The van der Waals surface area contributed by atoms with Gasteiger partial charge in [0.15, 0.2) is 0 Å². The summed E-state index contributed by atoms with van der Waals surface area (Å²) in [6.07, 6.45) is 1.20. The molecule has 0 heterocycles. The van der Waals surface area contributed by atoms with Crippen LogP contribution in [0.5, 0.6) is 5.75 Å². The van der Waals surface area contributed by atoms with Gasteiger partial charge in [0.25, 0.3) is 5.91 Å². The molecule has 0 saturated heterocycles. The van der Waals surface area contributed by atoms with Crippen molar-refractivity contribution in [2.75, 3.05) is 11.9 Å². The standard InChI is InChI=1S/C25H22FNO4/c1-2-30-22-15-9-8-14-21(22)27-25(29)24(19-11-4-3-5-12-19)31-23(28)17-16-18-10-6-7-13-20(18)26/h3-17,24H,2H2,1H3,(H,27,29)/b17-16+/t24-/m0/s1. The first-order valence-corrected chi connectivity index (χ1v) is 9.79. The number of anilines is 1. The summed E-state index contributed by atoms with van der Waals surface area (Å²) < 4.78 is 24.7. The van der Waals surface area contributed by atoms with Crippen LogP contribution in [0.15, 0.2) is 84.9 Å². The quantitative estimate of drug-likeness (QED) is 0.405. The van der Waals surface area contributed by atoms with E-state index in [1.165, 1.54) is 18.2 Å². The van der Waals surface area contributed by atoms with E-state index in [-0.39, 0.29) is 5.56 Å². The van der Waals surface area contributed by atoms with E-state index in [0.717, 1.165) is 6.08 Å². The van der Waals surface area contributed by atoms with Gasteiger partial charge in [0.2, 0.25) is 6.10 Å². The van der Waals surface area contributed by atoms with Crippen molar-refractivity contribution < 1.29 is 23.5 Å². The average Bonchev–Trinajstić information content (AvgIpc) is 2.79. The van der Waals surface area contributed by atoms with Crippen molar-refractivity contribution in [3.8, 4) is 5.75 Å². The van der Waals surface area contributed by atoms with Crippen molar-refractivity contribution >= 4 is 23.6 Å². The van der Waals surface area contributed by atoms with Crippen LogP contribution in [0.2, 0.25) is 0 Å². The Kier molecular flexibility index (Phi) is 7.54. The molecule has 0 saturated carbocycles. The molecule has 0 aliphatic rings. The smallest absolute Gasteiger partial charge is 0.331 e. The van der Waals surface area contributed by atoms with Gasteiger partial charge in [-0.05, 0) is 31.2 Å². The van der Waals surface area contributed by atoms with Crippen molar-refractivity contribution in [2.45, 2.75) is 13.0 Å². The topological polar surface area (TPSA) is 64.6 Å². The fourth-order valence-corrected chi connectivity index (χ4v) is 2.87. The lowest BCUT2D eigenvalue weighted by molar-refractivity contribution is -0.149. The molecule has 0 bridgehead atoms. The summed E-state index contributed by atoms with van der Waals surface area (Å²) in [7, 11) is 0. The Morgan fingerprint density at radius 1 is 0.968 bits per heavy atom. The van der Waals surface area contributed by atoms with Gasteiger partial charge in [0.05, 0.1) is 12.3 Å². The van der Waals surface area contributed by atoms with E-state index < -0.39 is 23.8 Å². The number of amides is 1. The maximum absolute atomic E-state index is 13.8. The van der Waals surface area contributed by atoms with Gasteiger partial charge in [0.1, 0.15) is 11.6 Å². The SMILES string of the molecule is CCOc1ccccc1NC(=O)[C@@H](OC(=O)/C=C/c1ccccc1F)c1ccccc1. The van der Waals surface area contributed by atoms with Crippen LogP contribution in [0.3, 0.4) is 0 Å². The number of esters is 1. The zero-order valence-corrected chi connectivity index (χ0v) is 17.0. The van der Waals surface area contributed by atoms with Gasteiger partial charge in [-0.1, -0.05) is 60.7 Å². The average molecular weight is 419 g/mol. The molecule has 1 atom stereocenters. The molecular weight excluding hydrogens is 397 g/mol. The number of nitrogens with one attached hydrogen (secondary N) is 1. The summed E-state index contributed by atoms with van der Waals surface area (Å²) >= 11 is 0. The Morgan fingerprint density at radius 2 is 1.65 bits per heavy atom. The number of benzene rings is 3. The lowest BCUT2D eigenvalue weighted by Gasteiger charge is -2.18. The summed E-state index contributed by atoms with van der Waals surface area (Å²) in [5.41, 5.74) is 1.21. The predicted octanol–water partition coefficient (Wildman–Crippen LogP) is 5.16. The number of hydrogen-bond donors (Lipinski definition) is 1. The molecule has 0 aromatic heterocycles. The molecule has 31 heavy (non-hydrogen) atoms. The minimum atomic E-state index is -1.20. The van der Waals surface area contributed by atoms with Crippen molar-refractivity contribution in [3.63, 3.8) is 0 Å². The van der Waals surface area contributed by atoms with Crippen LogP contribution in [-0.2, 0) is 14.3 Å². The van der Waals surface area contributed by atoms with E-state index in [0.29, 0.717) is 23.6 Å². The van der Waals surface area contributed by atoms with Gasteiger partial charge in [-0.15, -0.1) is 0 Å². The number of halogens is 1. The molecule has 0 aliphatic carbocycles. The van der Waals surface area contributed by atoms with Gasteiger partial charge in [-0.3, -0.25) is 4.79 Å². The summed E-state index contributed by atoms with van der Waals surface area (Å²) in [5.74, 6) is -1.26. The second-order valence-electron chi connectivity index (χ2n) is 6.50. The molecular formula is C25H22FNO4. The van der Waals surface area contributed by atoms with Crippen LogP contribution in [-0.4, -0.2) is 18.5 Å². The third kappa shape index (κ3) is 6.02. The van der Waals surface area contributed by atoms with Crippen molar-refractivity contribution in [3.05, 3.63) is 102 Å². The van der Waals surface area contributed by atoms with Crippen LogP contribution in [0.25, 0.3) is 6.08 Å². The Labute approximate surface area is 180 Å². The molecule has 0 fully saturated rings. The van der Waals surface area contributed by atoms with Crippen molar-refractivity contribution in [1.82, 2.24) is 0 Å². The lowest BCUT2D eigenvalue weighted by atomic mass is 10.1. The number of hydrogen-bond acceptors (Lipinski definition) is 4. The monoisotopic (exact) mass is 419 g/mol. The molecule has 1 N–H and O–H groups in total. The van der Waals surface area contributed by atoms with E-state index in [9.17, 15) is 14.0 Å². The third-order valence-corrected chi connectivity index (χ3v) is 4.32. The normalized spacial score (nSPS) is 11.7. The molecule has 6 heteroatoms. The van der Waals surface area contributed by atoms with E-state index in [4.69, 9.17) is 9.47 Å². The largest absolute Gasteiger partial charge is 0.492 e. The minimum Gasteiger partial charge on any atom is -0.492 e. The maximum atomic E-state index is 13.8. The molecule has 3 aromatic rings. The highest BCUT2D eigenvalue weighted by Crippen LogP contribution is 2.26. The zero-order valence-electron chi connectivity index (χ0n) is 17.0. The van der Waals surface area contributed by atoms with Gasteiger partial charge < -0.3 is 14.8 Å². The lowest BCUT2D eigenvalue weighted by Crippen LogP contribution is -2.25. The number of ether oxygens (including phenoxy) is 2. The van der Waals surface area contributed by atoms with E-state index in [2.05, 4.69) is 5.32 Å². The number of para-hydroxylation sites is 2. The Balaban J connectivity index is 1.80. The Bertz CT molecular complexity index is 1070. The summed E-state index contributed by atoms with van der Waals surface area (Å²) in [4.78, 5) is 25.4. The molecule has 0 radical (unpaired) electrons. The van der Waals surface area contributed by atoms with Gasteiger partial charge in [0, 0.05) is 17.2 Å². The van der Waals surface area contributed by atoms with E-state index >= 15 is 0 Å². The highest BCUT2D eigenvalue weighted by molar-refractivity contribution is 5.98. The minimum absolute atomic E-state index is 0.241.